The van der Waals surface area contributed by atoms with Gasteiger partial charge in [0.2, 0.25) is 0 Å². The van der Waals surface area contributed by atoms with Gasteiger partial charge in [0.15, 0.2) is 0 Å². The van der Waals surface area contributed by atoms with E-state index in [0.717, 1.165) is 38.6 Å². The van der Waals surface area contributed by atoms with Gasteiger partial charge in [0.05, 0.1) is 0 Å². The average molecular weight is 228 g/mol. The van der Waals surface area contributed by atoms with Gasteiger partial charge < -0.3 is 15.3 Å². The first-order valence-corrected chi connectivity index (χ1v) is 6.64. The maximum atomic E-state index is 8.85. The smallest absolute Gasteiger partial charge is 0.0443 e. The van der Waals surface area contributed by atoms with Crippen molar-refractivity contribution in [3.8, 4) is 0 Å². The number of aliphatic hydroxyl groups is 1. The molecular formula is C13H28N2O. The van der Waals surface area contributed by atoms with Crippen LogP contribution in [0.2, 0.25) is 0 Å². The SMILES string of the molecule is CCN(CCCO)CC(C)(C)CNC1CC1. The zero-order chi connectivity index (χ0) is 12.0. The van der Waals surface area contributed by atoms with E-state index in [9.17, 15) is 0 Å². The minimum atomic E-state index is 0.303. The molecule has 0 amide bonds. The van der Waals surface area contributed by atoms with Crippen molar-refractivity contribution >= 4 is 0 Å². The van der Waals surface area contributed by atoms with E-state index in [1.807, 2.05) is 0 Å². The van der Waals surface area contributed by atoms with Gasteiger partial charge in [0, 0.05) is 32.3 Å². The topological polar surface area (TPSA) is 35.5 Å². The predicted molar refractivity (Wildman–Crippen MR) is 68.6 cm³/mol. The zero-order valence-electron chi connectivity index (χ0n) is 11.1. The molecule has 1 aliphatic carbocycles. The molecule has 0 heterocycles. The highest BCUT2D eigenvalue weighted by atomic mass is 16.3. The van der Waals surface area contributed by atoms with E-state index in [2.05, 4.69) is 31.0 Å². The molecule has 0 radical (unpaired) electrons. The molecule has 0 bridgehead atoms. The Morgan fingerprint density at radius 1 is 1.38 bits per heavy atom. The van der Waals surface area contributed by atoms with Gasteiger partial charge >= 0.3 is 0 Å². The summed E-state index contributed by atoms with van der Waals surface area (Å²) in [7, 11) is 0. The fourth-order valence-electron chi connectivity index (χ4n) is 2.01. The van der Waals surface area contributed by atoms with E-state index in [-0.39, 0.29) is 0 Å². The Morgan fingerprint density at radius 3 is 2.56 bits per heavy atom. The molecule has 1 rings (SSSR count). The summed E-state index contributed by atoms with van der Waals surface area (Å²) in [5, 5.41) is 12.5. The van der Waals surface area contributed by atoms with Crippen LogP contribution in [0.1, 0.15) is 40.0 Å². The molecule has 3 heteroatoms. The van der Waals surface area contributed by atoms with Gasteiger partial charge in [-0.15, -0.1) is 0 Å². The number of rotatable bonds is 9. The van der Waals surface area contributed by atoms with Gasteiger partial charge in [-0.1, -0.05) is 20.8 Å². The number of nitrogens with one attached hydrogen (secondary N) is 1. The van der Waals surface area contributed by atoms with Gasteiger partial charge in [0.25, 0.3) is 0 Å². The van der Waals surface area contributed by atoms with Gasteiger partial charge in [-0.05, 0) is 31.2 Å². The fourth-order valence-corrected chi connectivity index (χ4v) is 2.01. The molecule has 1 saturated carbocycles. The Bertz CT molecular complexity index is 190. The lowest BCUT2D eigenvalue weighted by molar-refractivity contribution is 0.165. The summed E-state index contributed by atoms with van der Waals surface area (Å²) in [6.45, 7) is 11.5. The van der Waals surface area contributed by atoms with Crippen molar-refractivity contribution in [2.24, 2.45) is 5.41 Å². The Balaban J connectivity index is 2.22. The van der Waals surface area contributed by atoms with E-state index in [1.165, 1.54) is 12.8 Å². The maximum absolute atomic E-state index is 8.85. The van der Waals surface area contributed by atoms with Crippen molar-refractivity contribution in [1.29, 1.82) is 0 Å². The molecule has 0 unspecified atom stereocenters. The molecule has 3 nitrogen and oxygen atoms in total. The van der Waals surface area contributed by atoms with Crippen LogP contribution in [0.15, 0.2) is 0 Å². The molecule has 0 aliphatic heterocycles. The highest BCUT2D eigenvalue weighted by Crippen LogP contribution is 2.22. The largest absolute Gasteiger partial charge is 0.396 e. The minimum absolute atomic E-state index is 0.303. The van der Waals surface area contributed by atoms with E-state index in [0.29, 0.717) is 12.0 Å². The van der Waals surface area contributed by atoms with Crippen LogP contribution in [0.5, 0.6) is 0 Å². The molecule has 0 spiro atoms. The van der Waals surface area contributed by atoms with Gasteiger partial charge in [-0.2, -0.15) is 0 Å². The van der Waals surface area contributed by atoms with Crippen LogP contribution in [0, 0.1) is 5.41 Å². The van der Waals surface area contributed by atoms with Crippen LogP contribution in [-0.2, 0) is 0 Å². The molecule has 96 valence electrons. The second-order valence-corrected chi connectivity index (χ2v) is 5.77. The number of aliphatic hydroxyl groups excluding tert-OH is 1. The van der Waals surface area contributed by atoms with Crippen molar-refractivity contribution in [3.05, 3.63) is 0 Å². The van der Waals surface area contributed by atoms with Crippen molar-refractivity contribution < 1.29 is 5.11 Å². The summed E-state index contributed by atoms with van der Waals surface area (Å²) < 4.78 is 0. The third kappa shape index (κ3) is 5.83. The average Bonchev–Trinajstić information content (AvgIpc) is 3.05. The maximum Gasteiger partial charge on any atom is 0.0443 e. The lowest BCUT2D eigenvalue weighted by atomic mass is 9.92. The van der Waals surface area contributed by atoms with Crippen molar-refractivity contribution in [2.75, 3.05) is 32.8 Å². The summed E-state index contributed by atoms with van der Waals surface area (Å²) >= 11 is 0. The van der Waals surface area contributed by atoms with Gasteiger partial charge in [0.1, 0.15) is 0 Å². The molecule has 0 saturated heterocycles. The Labute approximate surface area is 100 Å². The molecule has 1 fully saturated rings. The normalized spacial score (nSPS) is 17.1. The standard InChI is InChI=1S/C13H28N2O/c1-4-15(8-5-9-16)11-13(2,3)10-14-12-6-7-12/h12,14,16H,4-11H2,1-3H3. The summed E-state index contributed by atoms with van der Waals surface area (Å²) in [5.74, 6) is 0. The minimum Gasteiger partial charge on any atom is -0.396 e. The van der Waals surface area contributed by atoms with E-state index in [4.69, 9.17) is 5.11 Å². The first kappa shape index (κ1) is 13.9. The second-order valence-electron chi connectivity index (χ2n) is 5.77. The molecule has 16 heavy (non-hydrogen) atoms. The van der Waals surface area contributed by atoms with Gasteiger partial charge in [-0.25, -0.2) is 0 Å². The summed E-state index contributed by atoms with van der Waals surface area (Å²) in [4.78, 5) is 2.44. The molecule has 0 aromatic heterocycles. The highest BCUT2D eigenvalue weighted by Gasteiger charge is 2.26. The van der Waals surface area contributed by atoms with E-state index < -0.39 is 0 Å². The van der Waals surface area contributed by atoms with E-state index >= 15 is 0 Å². The molecule has 0 aromatic carbocycles. The van der Waals surface area contributed by atoms with Crippen molar-refractivity contribution in [2.45, 2.75) is 46.1 Å². The lowest BCUT2D eigenvalue weighted by Crippen LogP contribution is -2.41. The lowest BCUT2D eigenvalue weighted by Gasteiger charge is -2.32. The number of nitrogens with zero attached hydrogens (tertiary/aromatic N) is 1. The summed E-state index contributed by atoms with van der Waals surface area (Å²) in [6, 6.07) is 0.798. The fraction of sp³-hybridized carbons (Fsp3) is 1.00. The van der Waals surface area contributed by atoms with Crippen LogP contribution < -0.4 is 5.32 Å². The van der Waals surface area contributed by atoms with Crippen LogP contribution in [0.3, 0.4) is 0 Å². The van der Waals surface area contributed by atoms with Crippen LogP contribution >= 0.6 is 0 Å². The van der Waals surface area contributed by atoms with Crippen LogP contribution in [0.25, 0.3) is 0 Å². The monoisotopic (exact) mass is 228 g/mol. The van der Waals surface area contributed by atoms with Crippen LogP contribution in [-0.4, -0.2) is 48.8 Å². The number of hydrogen-bond donors (Lipinski definition) is 2. The van der Waals surface area contributed by atoms with Crippen molar-refractivity contribution in [3.63, 3.8) is 0 Å². The van der Waals surface area contributed by atoms with E-state index in [1.54, 1.807) is 0 Å². The molecule has 0 atom stereocenters. The zero-order valence-corrected chi connectivity index (χ0v) is 11.1. The molecular weight excluding hydrogens is 200 g/mol. The summed E-state index contributed by atoms with van der Waals surface area (Å²) in [5.41, 5.74) is 0.327. The molecule has 0 aromatic rings. The Morgan fingerprint density at radius 2 is 2.06 bits per heavy atom. The Hall–Kier alpha value is -0.120. The first-order valence-electron chi connectivity index (χ1n) is 6.64. The first-order chi connectivity index (χ1) is 7.57. The summed E-state index contributed by atoms with van der Waals surface area (Å²) in [6.07, 6.45) is 3.61. The van der Waals surface area contributed by atoms with Crippen molar-refractivity contribution in [1.82, 2.24) is 10.2 Å². The second kappa shape index (κ2) is 6.58. The molecule has 2 N–H and O–H groups in total. The van der Waals surface area contributed by atoms with Crippen LogP contribution in [0.4, 0.5) is 0 Å². The Kier molecular flexibility index (Phi) is 5.73. The third-order valence-corrected chi connectivity index (χ3v) is 3.18. The number of hydrogen-bond acceptors (Lipinski definition) is 3. The third-order valence-electron chi connectivity index (χ3n) is 3.18. The quantitative estimate of drug-likeness (QED) is 0.627. The highest BCUT2D eigenvalue weighted by molar-refractivity contribution is 4.85. The van der Waals surface area contributed by atoms with Gasteiger partial charge in [-0.3, -0.25) is 0 Å². The molecule has 1 aliphatic rings. The predicted octanol–water partition coefficient (Wildman–Crippen LogP) is 1.47.